The molecule has 1 saturated heterocycles. The minimum atomic E-state index is -0.974. The van der Waals surface area contributed by atoms with Crippen LogP contribution in [0.1, 0.15) is 40.3 Å². The largest absolute Gasteiger partial charge is 0.478 e. The molecule has 2 aromatic heterocycles. The van der Waals surface area contributed by atoms with Gasteiger partial charge in [-0.25, -0.2) is 4.79 Å². The molecule has 0 unspecified atom stereocenters. The van der Waals surface area contributed by atoms with Gasteiger partial charge in [0.15, 0.2) is 5.11 Å². The minimum absolute atomic E-state index is 0.108. The average molecular weight is 562 g/mol. The third-order valence-corrected chi connectivity index (χ3v) is 7.67. The molecule has 5 aromatic rings. The lowest BCUT2D eigenvalue weighted by atomic mass is 10.0. The normalized spacial score (nSPS) is 16.5. The molecule has 8 nitrogen and oxygen atoms in total. The Hall–Kier alpha value is -5.02. The Balaban J connectivity index is 1.29. The minimum Gasteiger partial charge on any atom is -0.478 e. The number of nitrogens with zero attached hydrogens (tertiary/aromatic N) is 3. The van der Waals surface area contributed by atoms with E-state index in [1.807, 2.05) is 88.5 Å². The van der Waals surface area contributed by atoms with Gasteiger partial charge in [-0.15, -0.1) is 0 Å². The summed E-state index contributed by atoms with van der Waals surface area (Å²) in [5, 5.41) is 18.4. The Labute approximate surface area is 242 Å². The van der Waals surface area contributed by atoms with Crippen LogP contribution in [0.15, 0.2) is 109 Å². The van der Waals surface area contributed by atoms with Crippen molar-refractivity contribution in [2.24, 2.45) is 0 Å². The van der Waals surface area contributed by atoms with Crippen molar-refractivity contribution in [3.63, 3.8) is 0 Å². The van der Waals surface area contributed by atoms with E-state index < -0.39 is 5.97 Å². The summed E-state index contributed by atoms with van der Waals surface area (Å²) in [6, 6.07) is 29.8. The van der Waals surface area contributed by atoms with Gasteiger partial charge in [-0.1, -0.05) is 42.5 Å². The predicted molar refractivity (Wildman–Crippen MR) is 162 cm³/mol. The maximum atomic E-state index is 13.2. The third kappa shape index (κ3) is 5.27. The number of fused-ring (bicyclic) bond motifs is 1. The van der Waals surface area contributed by atoms with Crippen LogP contribution in [0.3, 0.4) is 0 Å². The highest BCUT2D eigenvalue weighted by Crippen LogP contribution is 2.39. The first kappa shape index (κ1) is 26.2. The Morgan fingerprint density at radius 3 is 2.49 bits per heavy atom. The van der Waals surface area contributed by atoms with Gasteiger partial charge >= 0.3 is 5.97 Å². The van der Waals surface area contributed by atoms with Gasteiger partial charge in [0.2, 0.25) is 5.91 Å². The number of nitrogens with one attached hydrogen (secondary N) is 2. The van der Waals surface area contributed by atoms with E-state index in [4.69, 9.17) is 12.2 Å². The second kappa shape index (κ2) is 11.2. The van der Waals surface area contributed by atoms with Crippen molar-refractivity contribution in [1.29, 1.82) is 0 Å². The molecule has 1 fully saturated rings. The second-order valence-corrected chi connectivity index (χ2v) is 10.2. The van der Waals surface area contributed by atoms with E-state index in [0.29, 0.717) is 11.7 Å². The fraction of sp³-hybridized carbons (Fsp3) is 0.125. The highest BCUT2D eigenvalue weighted by molar-refractivity contribution is 7.80. The lowest BCUT2D eigenvalue weighted by Crippen LogP contribution is -2.33. The van der Waals surface area contributed by atoms with Gasteiger partial charge in [-0.3, -0.25) is 9.78 Å². The fourth-order valence-electron chi connectivity index (χ4n) is 5.37. The number of amides is 1. The SMILES string of the molecule is O=C(CCN1C(=S)N[C@@H](c2ccccn2)[C@H]1c1cccn1-c1ccc(C(=O)O)cc1)Nc1cccc2ccccc12. The van der Waals surface area contributed by atoms with Crippen LogP contribution in [-0.2, 0) is 4.79 Å². The van der Waals surface area contributed by atoms with Gasteiger partial charge < -0.3 is 25.2 Å². The van der Waals surface area contributed by atoms with Crippen LogP contribution in [0.25, 0.3) is 16.5 Å². The zero-order valence-corrected chi connectivity index (χ0v) is 22.8. The van der Waals surface area contributed by atoms with Gasteiger partial charge in [0.25, 0.3) is 0 Å². The molecule has 0 bridgehead atoms. The number of pyridine rings is 1. The lowest BCUT2D eigenvalue weighted by Gasteiger charge is -2.29. The Morgan fingerprint density at radius 2 is 1.71 bits per heavy atom. The van der Waals surface area contributed by atoms with Gasteiger partial charge in [0.1, 0.15) is 0 Å². The molecule has 9 heteroatoms. The number of carbonyl (C=O) groups excluding carboxylic acids is 1. The number of anilines is 1. The van der Waals surface area contributed by atoms with Crippen LogP contribution >= 0.6 is 12.2 Å². The van der Waals surface area contributed by atoms with Gasteiger partial charge in [0.05, 0.1) is 23.3 Å². The molecule has 6 rings (SSSR count). The number of thiocarbonyl (C=S) groups is 1. The second-order valence-electron chi connectivity index (χ2n) is 9.80. The predicted octanol–water partition coefficient (Wildman–Crippen LogP) is 5.73. The first-order chi connectivity index (χ1) is 20.0. The number of hydrogen-bond donors (Lipinski definition) is 3. The number of carboxylic acids is 1. The highest BCUT2D eigenvalue weighted by Gasteiger charge is 2.41. The number of carbonyl (C=O) groups is 2. The van der Waals surface area contributed by atoms with Crippen LogP contribution in [-0.4, -0.2) is 43.1 Å². The lowest BCUT2D eigenvalue weighted by molar-refractivity contribution is -0.116. The Kier molecular flexibility index (Phi) is 7.18. The zero-order chi connectivity index (χ0) is 28.3. The maximum Gasteiger partial charge on any atom is 0.335 e. The molecule has 1 aliphatic heterocycles. The third-order valence-electron chi connectivity index (χ3n) is 7.32. The van der Waals surface area contributed by atoms with Gasteiger partial charge in [-0.05, 0) is 72.2 Å². The number of aromatic nitrogens is 2. The molecular weight excluding hydrogens is 534 g/mol. The van der Waals surface area contributed by atoms with Crippen molar-refractivity contribution in [2.45, 2.75) is 18.5 Å². The quantitative estimate of drug-likeness (QED) is 0.208. The Morgan fingerprint density at radius 1 is 0.927 bits per heavy atom. The highest BCUT2D eigenvalue weighted by atomic mass is 32.1. The van der Waals surface area contributed by atoms with E-state index in [9.17, 15) is 14.7 Å². The molecule has 0 aliphatic carbocycles. The molecule has 41 heavy (non-hydrogen) atoms. The maximum absolute atomic E-state index is 13.2. The standard InChI is InChI=1S/C32H27N5O3S/c38-28(34-25-11-5-8-21-7-1-2-9-24(21)25)17-20-37-30(29(35-32(37)41)26-10-3-4-18-33-26)27-12-6-19-36(27)23-15-13-22(14-16-23)31(39)40/h1-16,18-19,29-30H,17,20H2,(H,34,38)(H,35,41)(H,39,40)/t29-,30+/m0/s1. The van der Waals surface area contributed by atoms with Gasteiger partial charge in [0, 0.05) is 47.8 Å². The van der Waals surface area contributed by atoms with Crippen molar-refractivity contribution in [1.82, 2.24) is 19.8 Å². The monoisotopic (exact) mass is 561 g/mol. The number of aromatic carboxylic acids is 1. The van der Waals surface area contributed by atoms with Crippen molar-refractivity contribution < 1.29 is 14.7 Å². The summed E-state index contributed by atoms with van der Waals surface area (Å²) in [4.78, 5) is 31.2. The van der Waals surface area contributed by atoms with E-state index in [-0.39, 0.29) is 30.0 Å². The number of rotatable bonds is 8. The summed E-state index contributed by atoms with van der Waals surface area (Å²) in [6.07, 6.45) is 3.92. The molecule has 204 valence electrons. The van der Waals surface area contributed by atoms with E-state index in [2.05, 4.69) is 15.6 Å². The summed E-state index contributed by atoms with van der Waals surface area (Å²) in [6.45, 7) is 0.388. The molecule has 3 N–H and O–H groups in total. The molecule has 0 radical (unpaired) electrons. The first-order valence-electron chi connectivity index (χ1n) is 13.3. The van der Waals surface area contributed by atoms with Gasteiger partial charge in [-0.2, -0.15) is 0 Å². The van der Waals surface area contributed by atoms with Crippen molar-refractivity contribution in [2.75, 3.05) is 11.9 Å². The van der Waals surface area contributed by atoms with Crippen LogP contribution in [0, 0.1) is 0 Å². The molecular formula is C32H27N5O3S. The summed E-state index contributed by atoms with van der Waals surface area (Å²) in [5.74, 6) is -1.08. The van der Waals surface area contributed by atoms with Crippen molar-refractivity contribution >= 4 is 45.7 Å². The first-order valence-corrected chi connectivity index (χ1v) is 13.7. The van der Waals surface area contributed by atoms with Crippen LogP contribution in [0.5, 0.6) is 0 Å². The fourth-order valence-corrected chi connectivity index (χ4v) is 5.70. The summed E-state index contributed by atoms with van der Waals surface area (Å²) < 4.78 is 2.02. The molecule has 0 spiro atoms. The summed E-state index contributed by atoms with van der Waals surface area (Å²) in [5.41, 5.74) is 3.58. The molecule has 2 atom stereocenters. The van der Waals surface area contributed by atoms with E-state index >= 15 is 0 Å². The van der Waals surface area contributed by atoms with Crippen molar-refractivity contribution in [3.8, 4) is 5.69 Å². The molecule has 3 aromatic carbocycles. The molecule has 3 heterocycles. The van der Waals surface area contributed by atoms with E-state index in [0.717, 1.165) is 33.5 Å². The van der Waals surface area contributed by atoms with E-state index in [1.165, 1.54) is 0 Å². The molecule has 0 saturated carbocycles. The van der Waals surface area contributed by atoms with Crippen LogP contribution < -0.4 is 10.6 Å². The summed E-state index contributed by atoms with van der Waals surface area (Å²) >= 11 is 5.80. The molecule has 1 aliphatic rings. The number of carboxylic acid groups (broad SMARTS) is 1. The topological polar surface area (TPSA) is 99.5 Å². The van der Waals surface area contributed by atoms with Crippen LogP contribution in [0.4, 0.5) is 5.69 Å². The van der Waals surface area contributed by atoms with Crippen molar-refractivity contribution in [3.05, 3.63) is 126 Å². The average Bonchev–Trinajstić information content (AvgIpc) is 3.61. The summed E-state index contributed by atoms with van der Waals surface area (Å²) in [7, 11) is 0. The number of hydrogen-bond acceptors (Lipinski definition) is 4. The van der Waals surface area contributed by atoms with Crippen LogP contribution in [0.2, 0.25) is 0 Å². The number of benzene rings is 3. The molecule has 1 amide bonds. The van der Waals surface area contributed by atoms with E-state index in [1.54, 1.807) is 30.5 Å². The smallest absolute Gasteiger partial charge is 0.335 e. The zero-order valence-electron chi connectivity index (χ0n) is 22.0. The Bertz CT molecular complexity index is 1730.